The lowest BCUT2D eigenvalue weighted by molar-refractivity contribution is 0.549. The lowest BCUT2D eigenvalue weighted by Crippen LogP contribution is -2.07. The van der Waals surface area contributed by atoms with E-state index in [1.165, 1.54) is 0 Å². The molecule has 0 saturated heterocycles. The van der Waals surface area contributed by atoms with E-state index in [9.17, 15) is 17.2 Å². The highest BCUT2D eigenvalue weighted by atomic mass is 79.9. The zero-order chi connectivity index (χ0) is 18.2. The molecule has 0 aliphatic heterocycles. The fourth-order valence-electron chi connectivity index (χ4n) is 2.49. The van der Waals surface area contributed by atoms with Crippen molar-refractivity contribution in [3.8, 4) is 11.3 Å². The molecule has 0 aliphatic carbocycles. The van der Waals surface area contributed by atoms with Gasteiger partial charge in [-0.05, 0) is 39.7 Å². The van der Waals surface area contributed by atoms with Crippen molar-refractivity contribution in [2.45, 2.75) is 10.6 Å². The van der Waals surface area contributed by atoms with E-state index >= 15 is 0 Å². The van der Waals surface area contributed by atoms with Gasteiger partial charge in [0, 0.05) is 24.9 Å². The Balaban J connectivity index is 1.95. The van der Waals surface area contributed by atoms with Crippen molar-refractivity contribution in [2.75, 3.05) is 0 Å². The van der Waals surface area contributed by atoms with Crippen LogP contribution in [0.5, 0.6) is 0 Å². The summed E-state index contributed by atoms with van der Waals surface area (Å²) in [6.45, 7) is 0. The van der Waals surface area contributed by atoms with Gasteiger partial charge in [-0.1, -0.05) is 18.2 Å². The van der Waals surface area contributed by atoms with Crippen LogP contribution >= 0.6 is 15.9 Å². The minimum absolute atomic E-state index is 0.395. The van der Waals surface area contributed by atoms with E-state index in [0.29, 0.717) is 17.3 Å². The highest BCUT2D eigenvalue weighted by Gasteiger charge is 2.21. The van der Waals surface area contributed by atoms with Crippen molar-refractivity contribution in [3.05, 3.63) is 70.3 Å². The molecule has 8 heteroatoms. The summed E-state index contributed by atoms with van der Waals surface area (Å²) < 4.78 is 54.1. The minimum atomic E-state index is -3.94. The van der Waals surface area contributed by atoms with Crippen molar-refractivity contribution in [3.63, 3.8) is 0 Å². The van der Waals surface area contributed by atoms with Gasteiger partial charge in [-0.2, -0.15) is 5.10 Å². The number of aryl methyl sites for hydroxylation is 1. The van der Waals surface area contributed by atoms with Gasteiger partial charge in [0.1, 0.15) is 22.2 Å². The van der Waals surface area contributed by atoms with Crippen LogP contribution in [0.3, 0.4) is 0 Å². The maximum absolute atomic E-state index is 13.8. The maximum atomic E-state index is 13.8. The number of halogens is 3. The van der Waals surface area contributed by atoms with E-state index in [4.69, 9.17) is 0 Å². The van der Waals surface area contributed by atoms with Gasteiger partial charge in [0.05, 0.1) is 10.2 Å². The first kappa shape index (κ1) is 17.8. The summed E-state index contributed by atoms with van der Waals surface area (Å²) in [6.07, 6.45) is 1.78. The Bertz CT molecular complexity index is 1050. The summed E-state index contributed by atoms with van der Waals surface area (Å²) in [6, 6.07) is 9.28. The zero-order valence-corrected chi connectivity index (χ0v) is 15.5. The van der Waals surface area contributed by atoms with Crippen LogP contribution in [0.1, 0.15) is 5.56 Å². The molecule has 0 radical (unpaired) electrons. The minimum Gasteiger partial charge on any atom is -0.274 e. The second-order valence-corrected chi connectivity index (χ2v) is 8.35. The van der Waals surface area contributed by atoms with E-state index in [2.05, 4.69) is 21.0 Å². The fourth-order valence-corrected chi connectivity index (χ4v) is 4.50. The molecule has 2 aromatic carbocycles. The van der Waals surface area contributed by atoms with Crippen molar-refractivity contribution in [1.82, 2.24) is 9.78 Å². The molecular weight excluding hydrogens is 414 g/mol. The summed E-state index contributed by atoms with van der Waals surface area (Å²) in [4.78, 5) is -0.515. The molecule has 3 aromatic rings. The number of hydrogen-bond acceptors (Lipinski definition) is 3. The second kappa shape index (κ2) is 6.68. The van der Waals surface area contributed by atoms with Crippen molar-refractivity contribution >= 4 is 25.8 Å². The Labute approximate surface area is 152 Å². The first-order chi connectivity index (χ1) is 11.8. The van der Waals surface area contributed by atoms with E-state index in [1.807, 2.05) is 6.07 Å². The lowest BCUT2D eigenvalue weighted by Gasteiger charge is -2.07. The molecule has 0 atom stereocenters. The number of benzene rings is 2. The van der Waals surface area contributed by atoms with Crippen LogP contribution in [-0.4, -0.2) is 18.2 Å². The average Bonchev–Trinajstić information content (AvgIpc) is 2.85. The molecular formula is C17H13BrF2N2O2S. The lowest BCUT2D eigenvalue weighted by atomic mass is 10.1. The Hall–Kier alpha value is -2.06. The Kier molecular flexibility index (Phi) is 4.75. The first-order valence-electron chi connectivity index (χ1n) is 7.22. The van der Waals surface area contributed by atoms with Crippen LogP contribution in [0.15, 0.2) is 58.0 Å². The predicted octanol–water partition coefficient (Wildman–Crippen LogP) is 4.10. The van der Waals surface area contributed by atoms with Crippen LogP contribution in [0, 0.1) is 11.6 Å². The van der Waals surface area contributed by atoms with Gasteiger partial charge < -0.3 is 0 Å². The summed E-state index contributed by atoms with van der Waals surface area (Å²) >= 11 is 3.41. The Morgan fingerprint density at radius 1 is 1.16 bits per heavy atom. The third-order valence-electron chi connectivity index (χ3n) is 3.57. The predicted molar refractivity (Wildman–Crippen MR) is 93.6 cm³/mol. The second-order valence-electron chi connectivity index (χ2n) is 5.53. The normalized spacial score (nSPS) is 11.7. The van der Waals surface area contributed by atoms with Crippen LogP contribution < -0.4 is 0 Å². The van der Waals surface area contributed by atoms with Crippen molar-refractivity contribution in [1.29, 1.82) is 0 Å². The van der Waals surface area contributed by atoms with Gasteiger partial charge in [0.25, 0.3) is 0 Å². The quantitative estimate of drug-likeness (QED) is 0.590. The van der Waals surface area contributed by atoms with E-state index < -0.39 is 32.1 Å². The summed E-state index contributed by atoms with van der Waals surface area (Å²) in [5.41, 5.74) is 1.90. The molecule has 3 rings (SSSR count). The van der Waals surface area contributed by atoms with Crippen molar-refractivity contribution < 1.29 is 17.2 Å². The van der Waals surface area contributed by atoms with Gasteiger partial charge in [0.2, 0.25) is 0 Å². The molecule has 0 aliphatic rings. The maximum Gasteiger partial charge on any atom is 0.185 e. The molecule has 0 bridgehead atoms. The number of hydrogen-bond donors (Lipinski definition) is 0. The number of nitrogens with zero attached hydrogens (tertiary/aromatic N) is 2. The molecule has 130 valence electrons. The van der Waals surface area contributed by atoms with Gasteiger partial charge in [-0.3, -0.25) is 4.68 Å². The molecule has 1 aromatic heterocycles. The third-order valence-corrected chi connectivity index (χ3v) is 5.87. The molecule has 0 fully saturated rings. The molecule has 25 heavy (non-hydrogen) atoms. The van der Waals surface area contributed by atoms with Gasteiger partial charge in [-0.15, -0.1) is 0 Å². The molecule has 0 amide bonds. The van der Waals surface area contributed by atoms with E-state index in [0.717, 1.165) is 22.2 Å². The third kappa shape index (κ3) is 3.80. The molecule has 0 spiro atoms. The van der Waals surface area contributed by atoms with Gasteiger partial charge >= 0.3 is 0 Å². The Morgan fingerprint density at radius 2 is 1.92 bits per heavy atom. The summed E-state index contributed by atoms with van der Waals surface area (Å²) in [5, 5.41) is 4.32. The van der Waals surface area contributed by atoms with E-state index in [-0.39, 0.29) is 0 Å². The standard InChI is InChI=1S/C17H13BrF2N2O2S/c1-22-9-14(18)17(21-22)12-4-2-3-11(7-12)10-25(23,24)16-6-5-13(19)8-15(16)20/h2-9H,10H2,1H3. The molecule has 0 N–H and O–H groups in total. The average molecular weight is 427 g/mol. The van der Waals surface area contributed by atoms with Crippen LogP contribution in [0.4, 0.5) is 8.78 Å². The highest BCUT2D eigenvalue weighted by molar-refractivity contribution is 9.10. The molecule has 0 unspecified atom stereocenters. The van der Waals surface area contributed by atoms with E-state index in [1.54, 1.807) is 36.1 Å². The smallest absolute Gasteiger partial charge is 0.185 e. The number of rotatable bonds is 4. The first-order valence-corrected chi connectivity index (χ1v) is 9.67. The van der Waals surface area contributed by atoms with Crippen LogP contribution in [0.25, 0.3) is 11.3 Å². The van der Waals surface area contributed by atoms with Crippen LogP contribution in [0.2, 0.25) is 0 Å². The number of aromatic nitrogens is 2. The molecule has 0 saturated carbocycles. The number of sulfone groups is 1. The highest BCUT2D eigenvalue weighted by Crippen LogP contribution is 2.28. The topological polar surface area (TPSA) is 52.0 Å². The van der Waals surface area contributed by atoms with Crippen molar-refractivity contribution in [2.24, 2.45) is 7.05 Å². The SMILES string of the molecule is Cn1cc(Br)c(-c2cccc(CS(=O)(=O)c3ccc(F)cc3F)c2)n1. The molecule has 1 heterocycles. The van der Waals surface area contributed by atoms with Gasteiger partial charge in [0.15, 0.2) is 9.84 Å². The monoisotopic (exact) mass is 426 g/mol. The Morgan fingerprint density at radius 3 is 2.56 bits per heavy atom. The largest absolute Gasteiger partial charge is 0.274 e. The fraction of sp³-hybridized carbons (Fsp3) is 0.118. The molecule has 4 nitrogen and oxygen atoms in total. The van der Waals surface area contributed by atoms with Crippen LogP contribution in [-0.2, 0) is 22.6 Å². The zero-order valence-electron chi connectivity index (χ0n) is 13.1. The summed E-state index contributed by atoms with van der Waals surface area (Å²) in [7, 11) is -2.17. The summed E-state index contributed by atoms with van der Waals surface area (Å²) in [5.74, 6) is -2.31. The van der Waals surface area contributed by atoms with Gasteiger partial charge in [-0.25, -0.2) is 17.2 Å².